The normalized spacial score (nSPS) is 16.4. The molecule has 1 aliphatic rings. The summed E-state index contributed by atoms with van der Waals surface area (Å²) in [4.78, 5) is 69.8. The summed E-state index contributed by atoms with van der Waals surface area (Å²) in [6.45, 7) is -0.173. The molecule has 7 rings (SSSR count). The number of amides is 4. The third kappa shape index (κ3) is 14.2. The molecule has 0 spiro atoms. The highest BCUT2D eigenvalue weighted by Crippen LogP contribution is 2.33. The van der Waals surface area contributed by atoms with Crippen LogP contribution in [-0.4, -0.2) is 82.9 Å². The van der Waals surface area contributed by atoms with Crippen LogP contribution in [0.4, 0.5) is 9.59 Å². The van der Waals surface area contributed by atoms with Crippen molar-refractivity contribution in [3.05, 3.63) is 191 Å². The number of carboxylic acids is 1. The molecule has 4 bridgehead atoms. The van der Waals surface area contributed by atoms with Gasteiger partial charge in [-0.05, 0) is 68.8 Å². The molecule has 356 valence electrons. The number of carbonyl (C=O) groups is 5. The van der Waals surface area contributed by atoms with Gasteiger partial charge in [-0.1, -0.05) is 133 Å². The second-order valence-electron chi connectivity index (χ2n) is 16.6. The summed E-state index contributed by atoms with van der Waals surface area (Å²) in [7, 11) is 1.30. The van der Waals surface area contributed by atoms with Crippen molar-refractivity contribution in [2.75, 3.05) is 13.6 Å². The van der Waals surface area contributed by atoms with E-state index in [1.165, 1.54) is 7.05 Å². The second-order valence-corrected chi connectivity index (χ2v) is 16.6. The van der Waals surface area contributed by atoms with E-state index in [2.05, 4.69) is 16.0 Å². The zero-order valence-corrected chi connectivity index (χ0v) is 38.0. The number of likely N-dealkylation sites (N-methyl/N-ethyl adjacent to an activating group) is 1. The van der Waals surface area contributed by atoms with Gasteiger partial charge in [0, 0.05) is 32.9 Å². The molecule has 0 fully saturated rings. The molecule has 15 nitrogen and oxygen atoms in total. The fourth-order valence-corrected chi connectivity index (χ4v) is 7.75. The molecule has 1 heterocycles. The number of hydrogen-bond acceptors (Lipinski definition) is 10. The van der Waals surface area contributed by atoms with Crippen LogP contribution in [-0.2, 0) is 63.1 Å². The van der Waals surface area contributed by atoms with Crippen LogP contribution in [0, 0.1) is 0 Å². The summed E-state index contributed by atoms with van der Waals surface area (Å²) in [6, 6.07) is 43.3. The van der Waals surface area contributed by atoms with E-state index < -0.39 is 67.2 Å². The molecule has 4 atom stereocenters. The number of rotatable bonds is 16. The first kappa shape index (κ1) is 48.8. The molecule has 0 aliphatic carbocycles. The molecule has 15 heteroatoms. The van der Waals surface area contributed by atoms with Crippen LogP contribution in [0.1, 0.15) is 39.8 Å². The van der Waals surface area contributed by atoms with Gasteiger partial charge in [0.15, 0.2) is 0 Å². The standard InChI is InChI=1S/C54H54N4O11/c1-58-47(52(62)63)29-43-27-41(23-25-49(43)67-33-37-16-8-3-9-17-37)40-22-24-48(66-32-36-14-6-2-7-15-36)42(26-40)28-45(57-54(65)69-35-39-20-12-5-13-21-39)50(60)56-46(51(58)61)30-44(59)31-55-53(64)68-34-38-18-10-4-11-19-38/h2-27,44-47,59H,28-35H2,1H3,(H,55,64)(H,56,60)(H,57,65)(H,62,63)/t44-,45+,46+,47+/m1/s1. The predicted octanol–water partition coefficient (Wildman–Crippen LogP) is 6.98. The fourth-order valence-electron chi connectivity index (χ4n) is 7.75. The Labute approximate surface area is 400 Å². The summed E-state index contributed by atoms with van der Waals surface area (Å²) in [5.41, 5.74) is 5.55. The third-order valence-electron chi connectivity index (χ3n) is 11.5. The number of nitrogens with one attached hydrogen (secondary N) is 3. The summed E-state index contributed by atoms with van der Waals surface area (Å²) in [5, 5.41) is 29.9. The molecular formula is C54H54N4O11. The van der Waals surface area contributed by atoms with Gasteiger partial charge in [-0.15, -0.1) is 0 Å². The highest BCUT2D eigenvalue weighted by atomic mass is 16.6. The van der Waals surface area contributed by atoms with Gasteiger partial charge in [0.05, 0.1) is 6.10 Å². The van der Waals surface area contributed by atoms with Crippen molar-refractivity contribution in [2.45, 2.75) is 69.9 Å². The Morgan fingerprint density at radius 3 is 1.57 bits per heavy atom. The minimum absolute atomic E-state index is 0.0344. The average Bonchev–Trinajstić information content (AvgIpc) is 3.37. The molecular weight excluding hydrogens is 881 g/mol. The third-order valence-corrected chi connectivity index (χ3v) is 11.5. The Balaban J connectivity index is 1.25. The Kier molecular flexibility index (Phi) is 17.0. The van der Waals surface area contributed by atoms with Crippen molar-refractivity contribution in [2.24, 2.45) is 0 Å². The maximum atomic E-state index is 14.7. The number of ether oxygens (including phenoxy) is 4. The Bertz CT molecular complexity index is 2670. The van der Waals surface area contributed by atoms with Crippen molar-refractivity contribution >= 4 is 30.0 Å². The smallest absolute Gasteiger partial charge is 0.408 e. The van der Waals surface area contributed by atoms with Crippen molar-refractivity contribution < 1.29 is 53.1 Å². The van der Waals surface area contributed by atoms with Gasteiger partial charge < -0.3 is 50.0 Å². The molecule has 69 heavy (non-hydrogen) atoms. The minimum atomic E-state index is -1.57. The first-order chi connectivity index (χ1) is 33.5. The lowest BCUT2D eigenvalue weighted by Crippen LogP contribution is -2.57. The quantitative estimate of drug-likeness (QED) is 0.0671. The average molecular weight is 935 g/mol. The summed E-state index contributed by atoms with van der Waals surface area (Å²) in [5.74, 6) is -2.25. The van der Waals surface area contributed by atoms with E-state index in [1.807, 2.05) is 97.1 Å². The number of benzene rings is 6. The number of aliphatic hydroxyl groups is 1. The van der Waals surface area contributed by atoms with Gasteiger partial charge in [-0.25, -0.2) is 14.4 Å². The van der Waals surface area contributed by atoms with E-state index in [0.29, 0.717) is 39.3 Å². The number of carboxylic acid groups (broad SMARTS) is 1. The largest absolute Gasteiger partial charge is 0.489 e. The van der Waals surface area contributed by atoms with Crippen molar-refractivity contribution in [1.82, 2.24) is 20.9 Å². The topological polar surface area (TPSA) is 202 Å². The van der Waals surface area contributed by atoms with Gasteiger partial charge in [-0.2, -0.15) is 0 Å². The lowest BCUT2D eigenvalue weighted by atomic mass is 9.95. The number of nitrogens with zero attached hydrogens (tertiary/aromatic N) is 1. The van der Waals surface area contributed by atoms with Crippen LogP contribution in [0.2, 0.25) is 0 Å². The molecule has 4 amide bonds. The molecule has 6 aromatic rings. The maximum absolute atomic E-state index is 14.7. The van der Waals surface area contributed by atoms with Crippen molar-refractivity contribution in [3.63, 3.8) is 0 Å². The van der Waals surface area contributed by atoms with Gasteiger partial charge in [0.2, 0.25) is 11.8 Å². The van der Waals surface area contributed by atoms with Gasteiger partial charge in [-0.3, -0.25) is 9.59 Å². The van der Waals surface area contributed by atoms with Crippen LogP contribution >= 0.6 is 0 Å². The number of hydrogen-bond donors (Lipinski definition) is 5. The van der Waals surface area contributed by atoms with Crippen LogP contribution in [0.3, 0.4) is 0 Å². The number of aliphatic carboxylic acids is 1. The Hall–Kier alpha value is -8.17. The van der Waals surface area contributed by atoms with E-state index in [0.717, 1.165) is 21.6 Å². The van der Waals surface area contributed by atoms with E-state index in [1.54, 1.807) is 60.7 Å². The molecule has 6 aromatic carbocycles. The van der Waals surface area contributed by atoms with Gasteiger partial charge in [0.25, 0.3) is 0 Å². The molecule has 5 N–H and O–H groups in total. The van der Waals surface area contributed by atoms with Crippen LogP contribution in [0.25, 0.3) is 11.1 Å². The van der Waals surface area contributed by atoms with Crippen LogP contribution in [0.5, 0.6) is 11.5 Å². The Morgan fingerprint density at radius 1 is 0.638 bits per heavy atom. The predicted molar refractivity (Wildman–Crippen MR) is 256 cm³/mol. The highest BCUT2D eigenvalue weighted by Gasteiger charge is 2.36. The van der Waals surface area contributed by atoms with Gasteiger partial charge >= 0.3 is 18.2 Å². The first-order valence-corrected chi connectivity index (χ1v) is 22.5. The molecule has 0 unspecified atom stereocenters. The summed E-state index contributed by atoms with van der Waals surface area (Å²) >= 11 is 0. The van der Waals surface area contributed by atoms with Crippen LogP contribution < -0.4 is 25.4 Å². The highest BCUT2D eigenvalue weighted by molar-refractivity contribution is 5.93. The molecule has 0 saturated heterocycles. The monoisotopic (exact) mass is 934 g/mol. The lowest BCUT2D eigenvalue weighted by Gasteiger charge is -2.31. The number of aliphatic hydroxyl groups excluding tert-OH is 1. The van der Waals surface area contributed by atoms with Crippen LogP contribution in [0.15, 0.2) is 158 Å². The van der Waals surface area contributed by atoms with E-state index in [-0.39, 0.29) is 39.3 Å². The number of carbonyl (C=O) groups excluding carboxylic acids is 4. The maximum Gasteiger partial charge on any atom is 0.408 e. The lowest BCUT2D eigenvalue weighted by molar-refractivity contribution is -0.150. The molecule has 0 aromatic heterocycles. The fraction of sp³-hybridized carbons (Fsp3) is 0.241. The minimum Gasteiger partial charge on any atom is -0.489 e. The number of fused-ring (bicyclic) bond motifs is 5. The zero-order chi connectivity index (χ0) is 48.5. The van der Waals surface area contributed by atoms with E-state index in [9.17, 15) is 34.2 Å². The molecule has 1 aliphatic heterocycles. The summed E-state index contributed by atoms with van der Waals surface area (Å²) in [6.07, 6.45) is -4.07. The molecule has 0 radical (unpaired) electrons. The van der Waals surface area contributed by atoms with Crippen molar-refractivity contribution in [3.8, 4) is 22.6 Å². The number of alkyl carbamates (subject to hydrolysis) is 2. The van der Waals surface area contributed by atoms with E-state index >= 15 is 0 Å². The zero-order valence-electron chi connectivity index (χ0n) is 38.0. The van der Waals surface area contributed by atoms with Gasteiger partial charge in [0.1, 0.15) is 56.1 Å². The summed E-state index contributed by atoms with van der Waals surface area (Å²) < 4.78 is 23.5. The SMILES string of the molecule is CN1C(=O)[C@H](C[C@@H](O)CNC(=O)OCc2ccccc2)NC(=O)[C@@H](NC(=O)OCc2ccccc2)Cc2cc(ccc2OCc2ccccc2)-c2ccc(OCc3ccccc3)c(c2)C[C@H]1C(=O)O. The van der Waals surface area contributed by atoms with E-state index in [4.69, 9.17) is 18.9 Å². The second kappa shape index (κ2) is 24.0. The Morgan fingerprint density at radius 2 is 1.09 bits per heavy atom. The first-order valence-electron chi connectivity index (χ1n) is 22.5. The molecule has 0 saturated carbocycles. The van der Waals surface area contributed by atoms with Crippen molar-refractivity contribution in [1.29, 1.82) is 0 Å².